The molecule has 0 amide bonds. The summed E-state index contributed by atoms with van der Waals surface area (Å²) in [5.41, 5.74) is 0.726. The Hall–Kier alpha value is -1.56. The van der Waals surface area contributed by atoms with Gasteiger partial charge in [0.15, 0.2) is 0 Å². The van der Waals surface area contributed by atoms with E-state index in [1.807, 2.05) is 0 Å². The highest BCUT2D eigenvalue weighted by Crippen LogP contribution is 2.21. The molecule has 6 heteroatoms. The van der Waals surface area contributed by atoms with Gasteiger partial charge in [-0.15, -0.1) is 0 Å². The van der Waals surface area contributed by atoms with E-state index in [9.17, 15) is 9.90 Å². The fourth-order valence-electron chi connectivity index (χ4n) is 1.36. The Balaban J connectivity index is 2.64. The first kappa shape index (κ1) is 9.97. The summed E-state index contributed by atoms with van der Waals surface area (Å²) in [7, 11) is 0. The van der Waals surface area contributed by atoms with E-state index < -0.39 is 5.97 Å². The number of aromatic nitrogens is 2. The van der Waals surface area contributed by atoms with Gasteiger partial charge in [-0.1, -0.05) is 0 Å². The predicted molar refractivity (Wildman–Crippen MR) is 55.9 cm³/mol. The Morgan fingerprint density at radius 2 is 2.27 bits per heavy atom. The molecule has 0 fully saturated rings. The number of rotatable bonds is 2. The number of hydrogen-bond donors (Lipinski definition) is 2. The third kappa shape index (κ3) is 1.80. The number of aromatic hydroxyl groups is 1. The van der Waals surface area contributed by atoms with E-state index in [1.54, 1.807) is 10.5 Å². The Labute approximate surface area is 93.1 Å². The van der Waals surface area contributed by atoms with Crippen molar-refractivity contribution in [2.75, 3.05) is 0 Å². The molecule has 0 saturated heterocycles. The molecule has 0 aliphatic carbocycles. The maximum Gasteiger partial charge on any atom is 0.311 e. The van der Waals surface area contributed by atoms with Gasteiger partial charge in [-0.05, 0) is 28.1 Å². The first-order chi connectivity index (χ1) is 7.08. The maximum atomic E-state index is 10.6. The number of carboxylic acid groups (broad SMARTS) is 1. The monoisotopic (exact) mass is 270 g/mol. The van der Waals surface area contributed by atoms with E-state index >= 15 is 0 Å². The maximum absolute atomic E-state index is 10.6. The molecule has 2 heterocycles. The Bertz CT molecular complexity index is 535. The quantitative estimate of drug-likeness (QED) is 0.866. The third-order valence-electron chi connectivity index (χ3n) is 1.96. The van der Waals surface area contributed by atoms with E-state index in [0.29, 0.717) is 10.4 Å². The van der Waals surface area contributed by atoms with Gasteiger partial charge in [0.2, 0.25) is 0 Å². The average molecular weight is 271 g/mol. The molecule has 78 valence electrons. The minimum Gasteiger partial charge on any atom is -0.506 e. The van der Waals surface area contributed by atoms with E-state index in [4.69, 9.17) is 5.11 Å². The number of fused-ring (bicyclic) bond motifs is 1. The SMILES string of the molecule is O=C(O)Cc1nc(Br)c2ccc(O)cn12. The molecule has 0 aliphatic heterocycles. The van der Waals surface area contributed by atoms with Crippen molar-refractivity contribution < 1.29 is 15.0 Å². The number of carbonyl (C=O) groups is 1. The van der Waals surface area contributed by atoms with Crippen molar-refractivity contribution in [2.45, 2.75) is 6.42 Å². The average Bonchev–Trinajstić information content (AvgIpc) is 2.42. The molecule has 0 unspecified atom stereocenters. The molecule has 2 rings (SSSR count). The first-order valence-corrected chi connectivity index (χ1v) is 4.94. The number of hydrogen-bond acceptors (Lipinski definition) is 3. The zero-order valence-electron chi connectivity index (χ0n) is 7.51. The van der Waals surface area contributed by atoms with Crippen LogP contribution in [0.15, 0.2) is 22.9 Å². The molecule has 15 heavy (non-hydrogen) atoms. The fourth-order valence-corrected chi connectivity index (χ4v) is 1.88. The Morgan fingerprint density at radius 1 is 1.53 bits per heavy atom. The summed E-state index contributed by atoms with van der Waals surface area (Å²) >= 11 is 3.23. The van der Waals surface area contributed by atoms with E-state index in [0.717, 1.165) is 5.52 Å². The fraction of sp³-hybridized carbons (Fsp3) is 0.111. The lowest BCUT2D eigenvalue weighted by atomic mass is 10.4. The lowest BCUT2D eigenvalue weighted by Crippen LogP contribution is -2.04. The van der Waals surface area contributed by atoms with Gasteiger partial charge in [0.05, 0.1) is 11.7 Å². The number of aliphatic carboxylic acids is 1. The van der Waals surface area contributed by atoms with Crippen molar-refractivity contribution in [2.24, 2.45) is 0 Å². The van der Waals surface area contributed by atoms with Gasteiger partial charge in [0.25, 0.3) is 0 Å². The molecule has 2 N–H and O–H groups in total. The van der Waals surface area contributed by atoms with Gasteiger partial charge >= 0.3 is 5.97 Å². The van der Waals surface area contributed by atoms with E-state index in [1.165, 1.54) is 12.3 Å². The Morgan fingerprint density at radius 3 is 2.93 bits per heavy atom. The number of imidazole rings is 1. The van der Waals surface area contributed by atoms with Crippen molar-refractivity contribution in [1.82, 2.24) is 9.38 Å². The second-order valence-corrected chi connectivity index (χ2v) is 3.78. The smallest absolute Gasteiger partial charge is 0.311 e. The number of nitrogens with zero attached hydrogens (tertiary/aromatic N) is 2. The molecule has 2 aromatic rings. The lowest BCUT2D eigenvalue weighted by molar-refractivity contribution is -0.136. The van der Waals surface area contributed by atoms with Crippen molar-refractivity contribution in [3.05, 3.63) is 28.8 Å². The van der Waals surface area contributed by atoms with Crippen molar-refractivity contribution in [3.63, 3.8) is 0 Å². The third-order valence-corrected chi connectivity index (χ3v) is 2.54. The van der Waals surface area contributed by atoms with Crippen LogP contribution in [0.1, 0.15) is 5.82 Å². The van der Waals surface area contributed by atoms with Gasteiger partial charge in [0, 0.05) is 0 Å². The molecule has 0 atom stereocenters. The first-order valence-electron chi connectivity index (χ1n) is 4.15. The molecule has 0 bridgehead atoms. The molecular formula is C9H7BrN2O3. The van der Waals surface area contributed by atoms with Gasteiger partial charge < -0.3 is 10.2 Å². The van der Waals surface area contributed by atoms with Gasteiger partial charge in [-0.3, -0.25) is 9.20 Å². The minimum atomic E-state index is -0.960. The van der Waals surface area contributed by atoms with Crippen molar-refractivity contribution >= 4 is 27.4 Å². The highest BCUT2D eigenvalue weighted by Gasteiger charge is 2.12. The molecular weight excluding hydrogens is 264 g/mol. The molecule has 2 aromatic heterocycles. The van der Waals surface area contributed by atoms with Crippen LogP contribution in [0.2, 0.25) is 0 Å². The molecule has 0 aliphatic rings. The van der Waals surface area contributed by atoms with Crippen LogP contribution in [0.5, 0.6) is 5.75 Å². The van der Waals surface area contributed by atoms with Crippen LogP contribution in [-0.2, 0) is 11.2 Å². The molecule has 0 spiro atoms. The van der Waals surface area contributed by atoms with Crippen LogP contribution >= 0.6 is 15.9 Å². The highest BCUT2D eigenvalue weighted by atomic mass is 79.9. The zero-order valence-corrected chi connectivity index (χ0v) is 9.10. The predicted octanol–water partition coefficient (Wildman–Crippen LogP) is 1.43. The summed E-state index contributed by atoms with van der Waals surface area (Å²) in [6, 6.07) is 3.18. The van der Waals surface area contributed by atoms with Crippen LogP contribution in [0, 0.1) is 0 Å². The van der Waals surface area contributed by atoms with Gasteiger partial charge in [-0.2, -0.15) is 0 Å². The number of pyridine rings is 1. The number of halogens is 1. The zero-order chi connectivity index (χ0) is 11.0. The Kier molecular flexibility index (Phi) is 2.36. The lowest BCUT2D eigenvalue weighted by Gasteiger charge is -1.98. The van der Waals surface area contributed by atoms with Crippen LogP contribution in [-0.4, -0.2) is 25.6 Å². The summed E-state index contributed by atoms with van der Waals surface area (Å²) in [4.78, 5) is 14.6. The van der Waals surface area contributed by atoms with E-state index in [2.05, 4.69) is 20.9 Å². The van der Waals surface area contributed by atoms with Gasteiger partial charge in [0.1, 0.15) is 22.6 Å². The summed E-state index contributed by atoms with van der Waals surface area (Å²) < 4.78 is 2.12. The van der Waals surface area contributed by atoms with Crippen molar-refractivity contribution in [3.8, 4) is 5.75 Å². The summed E-state index contributed by atoms with van der Waals surface area (Å²) in [6.07, 6.45) is 1.25. The number of carboxylic acids is 1. The molecule has 5 nitrogen and oxygen atoms in total. The van der Waals surface area contributed by atoms with Crippen LogP contribution < -0.4 is 0 Å². The topological polar surface area (TPSA) is 74.8 Å². The summed E-state index contributed by atoms with van der Waals surface area (Å²) in [5, 5.41) is 18.0. The second kappa shape index (κ2) is 3.54. The molecule has 0 aromatic carbocycles. The van der Waals surface area contributed by atoms with Gasteiger partial charge in [-0.25, -0.2) is 4.98 Å². The van der Waals surface area contributed by atoms with Crippen LogP contribution in [0.4, 0.5) is 0 Å². The van der Waals surface area contributed by atoms with E-state index in [-0.39, 0.29) is 12.2 Å². The highest BCUT2D eigenvalue weighted by molar-refractivity contribution is 9.10. The van der Waals surface area contributed by atoms with Crippen LogP contribution in [0.25, 0.3) is 5.52 Å². The molecule has 0 saturated carbocycles. The van der Waals surface area contributed by atoms with Crippen molar-refractivity contribution in [1.29, 1.82) is 0 Å². The normalized spacial score (nSPS) is 10.7. The minimum absolute atomic E-state index is 0.0686. The second-order valence-electron chi connectivity index (χ2n) is 3.03. The van der Waals surface area contributed by atoms with Crippen LogP contribution in [0.3, 0.4) is 0 Å². The summed E-state index contributed by atoms with van der Waals surface area (Å²) in [5.74, 6) is -0.517. The molecule has 0 radical (unpaired) electrons. The summed E-state index contributed by atoms with van der Waals surface area (Å²) in [6.45, 7) is 0. The standard InChI is InChI=1S/C9H7BrN2O3/c10-9-6-2-1-5(13)4-12(6)7(11-9)3-8(14)15/h1-2,4,13H,3H2,(H,14,15). The largest absolute Gasteiger partial charge is 0.506 e.